The summed E-state index contributed by atoms with van der Waals surface area (Å²) in [4.78, 5) is 26.8. The van der Waals surface area contributed by atoms with E-state index in [0.29, 0.717) is 18.7 Å². The first-order valence-electron chi connectivity index (χ1n) is 6.70. The third-order valence-corrected chi connectivity index (χ3v) is 4.75. The number of pyridine rings is 1. The van der Waals surface area contributed by atoms with E-state index < -0.39 is 34.1 Å². The van der Waals surface area contributed by atoms with Crippen LogP contribution in [-0.4, -0.2) is 16.1 Å². The minimum Gasteiger partial charge on any atom is -0.327 e. The van der Waals surface area contributed by atoms with Crippen LogP contribution in [0.2, 0.25) is 0 Å². The number of carbonyl (C=O) groups excluding carboxylic acids is 1. The largest absolute Gasteiger partial charge is 0.417 e. The molecule has 0 saturated heterocycles. The highest BCUT2D eigenvalue weighted by Crippen LogP contribution is 2.37. The monoisotopic (exact) mass is 340 g/mol. The molecule has 4 nitrogen and oxygen atoms in total. The molecule has 0 radical (unpaired) electrons. The first-order valence-corrected chi connectivity index (χ1v) is 7.58. The number of benzene rings is 1. The maximum Gasteiger partial charge on any atom is 0.417 e. The molecule has 8 heteroatoms. The summed E-state index contributed by atoms with van der Waals surface area (Å²) in [6, 6.07) is 8.13. The van der Waals surface area contributed by atoms with Gasteiger partial charge in [0.15, 0.2) is 0 Å². The number of aromatic nitrogens is 1. The second-order valence-electron chi connectivity index (χ2n) is 5.04. The van der Waals surface area contributed by atoms with E-state index in [1.165, 1.54) is 11.8 Å². The van der Waals surface area contributed by atoms with Crippen LogP contribution in [-0.2, 0) is 17.4 Å². The van der Waals surface area contributed by atoms with Gasteiger partial charge in [-0.15, -0.1) is 11.8 Å². The lowest BCUT2D eigenvalue weighted by Gasteiger charge is -2.11. The summed E-state index contributed by atoms with van der Waals surface area (Å²) in [5.74, 6) is -0.490. The zero-order chi connectivity index (χ0) is 16.6. The number of hydrogen-bond donors (Lipinski definition) is 2. The SMILES string of the molecule is O=C(Nc1cc(C(F)(F)F)c[nH]c1=O)[C@@H]1Cc2ccccc2S1. The van der Waals surface area contributed by atoms with Crippen molar-refractivity contribution >= 4 is 23.4 Å². The fourth-order valence-electron chi connectivity index (χ4n) is 2.28. The highest BCUT2D eigenvalue weighted by atomic mass is 32.2. The molecule has 1 aromatic heterocycles. The first-order chi connectivity index (χ1) is 10.8. The number of H-pyrrole nitrogens is 1. The quantitative estimate of drug-likeness (QED) is 0.883. The van der Waals surface area contributed by atoms with E-state index in [1.54, 1.807) is 0 Å². The predicted octanol–water partition coefficient (Wildman–Crippen LogP) is 3.05. The summed E-state index contributed by atoms with van der Waals surface area (Å²) in [7, 11) is 0. The molecule has 3 rings (SSSR count). The Morgan fingerprint density at radius 2 is 2.04 bits per heavy atom. The van der Waals surface area contributed by atoms with Crippen molar-refractivity contribution in [3.63, 3.8) is 0 Å². The number of halogens is 3. The van der Waals surface area contributed by atoms with Crippen molar-refractivity contribution in [3.8, 4) is 0 Å². The Morgan fingerprint density at radius 1 is 1.30 bits per heavy atom. The van der Waals surface area contributed by atoms with Crippen molar-refractivity contribution in [2.45, 2.75) is 22.7 Å². The van der Waals surface area contributed by atoms with Gasteiger partial charge in [0.2, 0.25) is 5.91 Å². The van der Waals surface area contributed by atoms with Crippen LogP contribution >= 0.6 is 11.8 Å². The van der Waals surface area contributed by atoms with Crippen LogP contribution in [0.4, 0.5) is 18.9 Å². The van der Waals surface area contributed by atoms with Gasteiger partial charge in [-0.1, -0.05) is 18.2 Å². The van der Waals surface area contributed by atoms with Gasteiger partial charge in [0.05, 0.1) is 10.8 Å². The molecule has 1 amide bonds. The average molecular weight is 340 g/mol. The molecule has 23 heavy (non-hydrogen) atoms. The minimum absolute atomic E-state index is 0.401. The summed E-state index contributed by atoms with van der Waals surface area (Å²) in [6.07, 6.45) is -3.54. The Kier molecular flexibility index (Phi) is 3.93. The topological polar surface area (TPSA) is 62.0 Å². The summed E-state index contributed by atoms with van der Waals surface area (Å²) < 4.78 is 38.0. The van der Waals surface area contributed by atoms with Crippen LogP contribution in [0.5, 0.6) is 0 Å². The fraction of sp³-hybridized carbons (Fsp3) is 0.200. The van der Waals surface area contributed by atoms with Gasteiger partial charge in [-0.2, -0.15) is 13.2 Å². The number of rotatable bonds is 2. The van der Waals surface area contributed by atoms with Crippen LogP contribution < -0.4 is 10.9 Å². The number of nitrogens with one attached hydrogen (secondary N) is 2. The van der Waals surface area contributed by atoms with Gasteiger partial charge in [-0.05, 0) is 24.1 Å². The summed E-state index contributed by atoms with van der Waals surface area (Å²) in [5, 5.41) is 1.82. The second kappa shape index (κ2) is 5.77. The number of anilines is 1. The Balaban J connectivity index is 1.78. The number of thioether (sulfide) groups is 1. The molecule has 1 aromatic carbocycles. The molecule has 1 aliphatic rings. The average Bonchev–Trinajstić information content (AvgIpc) is 2.92. The lowest BCUT2D eigenvalue weighted by molar-refractivity contribution is -0.137. The second-order valence-corrected chi connectivity index (χ2v) is 6.28. The molecule has 2 heterocycles. The number of alkyl halides is 3. The van der Waals surface area contributed by atoms with E-state index in [1.807, 2.05) is 29.2 Å². The summed E-state index contributed by atoms with van der Waals surface area (Å²) >= 11 is 1.33. The van der Waals surface area contributed by atoms with Crippen LogP contribution in [0.3, 0.4) is 0 Å². The molecule has 0 aliphatic carbocycles. The third-order valence-electron chi connectivity index (χ3n) is 3.43. The van der Waals surface area contributed by atoms with Crippen molar-refractivity contribution in [3.05, 3.63) is 58.0 Å². The van der Waals surface area contributed by atoms with E-state index in [4.69, 9.17) is 0 Å². The van der Waals surface area contributed by atoms with Gasteiger partial charge in [0.25, 0.3) is 5.56 Å². The van der Waals surface area contributed by atoms with E-state index in [-0.39, 0.29) is 0 Å². The van der Waals surface area contributed by atoms with Crippen LogP contribution in [0, 0.1) is 0 Å². The Morgan fingerprint density at radius 3 is 2.74 bits per heavy atom. The van der Waals surface area contributed by atoms with Gasteiger partial charge in [0, 0.05) is 11.1 Å². The summed E-state index contributed by atoms with van der Waals surface area (Å²) in [5.41, 5.74) is -1.18. The highest BCUT2D eigenvalue weighted by Gasteiger charge is 2.32. The Hall–Kier alpha value is -2.22. The summed E-state index contributed by atoms with van der Waals surface area (Å²) in [6.45, 7) is 0. The molecule has 2 N–H and O–H groups in total. The number of carbonyl (C=O) groups is 1. The fourth-order valence-corrected chi connectivity index (χ4v) is 3.48. The van der Waals surface area contributed by atoms with Crippen LogP contribution in [0.15, 0.2) is 46.2 Å². The minimum atomic E-state index is -4.60. The first kappa shape index (κ1) is 15.7. The maximum absolute atomic E-state index is 12.7. The molecule has 1 atom stereocenters. The van der Waals surface area contributed by atoms with Crippen molar-refractivity contribution < 1.29 is 18.0 Å². The Labute approximate surface area is 133 Å². The highest BCUT2D eigenvalue weighted by molar-refractivity contribution is 8.01. The standard InChI is InChI=1S/C15H11F3N2O2S/c16-15(17,18)9-6-10(13(21)19-7-9)20-14(22)12-5-8-3-1-2-4-11(8)23-12/h1-4,6-7,12H,5H2,(H,19,21)(H,20,22)/t12-/m0/s1. The molecule has 120 valence electrons. The van der Waals surface area contributed by atoms with Gasteiger partial charge >= 0.3 is 6.18 Å². The molecule has 0 unspecified atom stereocenters. The molecular weight excluding hydrogens is 329 g/mol. The van der Waals surface area contributed by atoms with Crippen molar-refractivity contribution in [2.75, 3.05) is 5.32 Å². The van der Waals surface area contributed by atoms with Crippen molar-refractivity contribution in [1.29, 1.82) is 0 Å². The smallest absolute Gasteiger partial charge is 0.327 e. The van der Waals surface area contributed by atoms with Gasteiger partial charge in [-0.25, -0.2) is 0 Å². The lowest BCUT2D eigenvalue weighted by atomic mass is 10.1. The number of aromatic amines is 1. The van der Waals surface area contributed by atoms with Gasteiger partial charge < -0.3 is 10.3 Å². The zero-order valence-electron chi connectivity index (χ0n) is 11.6. The van der Waals surface area contributed by atoms with E-state index in [9.17, 15) is 22.8 Å². The van der Waals surface area contributed by atoms with E-state index in [0.717, 1.165) is 10.5 Å². The molecule has 0 saturated carbocycles. The lowest BCUT2D eigenvalue weighted by Crippen LogP contribution is -2.28. The third kappa shape index (κ3) is 3.26. The van der Waals surface area contributed by atoms with E-state index >= 15 is 0 Å². The van der Waals surface area contributed by atoms with Crippen molar-refractivity contribution in [2.24, 2.45) is 0 Å². The normalized spacial score (nSPS) is 16.9. The van der Waals surface area contributed by atoms with Gasteiger partial charge in [0.1, 0.15) is 5.69 Å². The molecule has 0 spiro atoms. The number of fused-ring (bicyclic) bond motifs is 1. The Bertz CT molecular complexity index is 792. The number of amides is 1. The zero-order valence-corrected chi connectivity index (χ0v) is 12.4. The molecular formula is C15H11F3N2O2S. The number of hydrogen-bond acceptors (Lipinski definition) is 3. The predicted molar refractivity (Wildman–Crippen MR) is 80.5 cm³/mol. The van der Waals surface area contributed by atoms with Gasteiger partial charge in [-0.3, -0.25) is 9.59 Å². The van der Waals surface area contributed by atoms with Crippen LogP contribution in [0.1, 0.15) is 11.1 Å². The molecule has 1 aliphatic heterocycles. The molecule has 0 fully saturated rings. The molecule has 0 bridgehead atoms. The van der Waals surface area contributed by atoms with Crippen LogP contribution in [0.25, 0.3) is 0 Å². The van der Waals surface area contributed by atoms with E-state index in [2.05, 4.69) is 5.32 Å². The maximum atomic E-state index is 12.7. The van der Waals surface area contributed by atoms with Crippen molar-refractivity contribution in [1.82, 2.24) is 4.98 Å². The molecule has 2 aromatic rings.